The number of nitrogens with zero attached hydrogens (tertiary/aromatic N) is 4. The molecule has 1 amide bonds. The molecule has 0 aromatic heterocycles. The lowest BCUT2D eigenvalue weighted by Gasteiger charge is -2.36. The van der Waals surface area contributed by atoms with Crippen LogP contribution < -0.4 is 5.32 Å². The maximum atomic E-state index is 12.7. The Labute approximate surface area is 201 Å². The van der Waals surface area contributed by atoms with Gasteiger partial charge in [-0.1, -0.05) is 0 Å². The van der Waals surface area contributed by atoms with E-state index in [9.17, 15) is 13.2 Å². The van der Waals surface area contributed by atoms with E-state index in [0.29, 0.717) is 51.9 Å². The third-order valence-electron chi connectivity index (χ3n) is 5.68. The Morgan fingerprint density at radius 2 is 1.70 bits per heavy atom. The molecule has 3 saturated heterocycles. The molecule has 0 spiro atoms. The van der Waals surface area contributed by atoms with Crippen LogP contribution in [-0.2, 0) is 19.6 Å². The summed E-state index contributed by atoms with van der Waals surface area (Å²) in [5, 5.41) is 3.19. The number of piperidine rings is 1. The zero-order chi connectivity index (χ0) is 20.7. The molecule has 0 aromatic carbocycles. The number of carbonyl (C=O) groups excluding carboxylic acids is 1. The minimum atomic E-state index is -3.23. The first-order chi connectivity index (χ1) is 14.0. The van der Waals surface area contributed by atoms with Crippen LogP contribution in [0.5, 0.6) is 0 Å². The van der Waals surface area contributed by atoms with Crippen LogP contribution in [0, 0.1) is 5.92 Å². The standard InChI is InChI=1S/C18H33N5O4S2.HI/c1-19-18(20-4-15-29(25,26)23-9-13-28-14-10-23)22-5-2-16(3-6-22)17(24)21-7-11-27-12-8-21;/h16H,2-15H2,1H3,(H,19,20);1H. The summed E-state index contributed by atoms with van der Waals surface area (Å²) in [5.74, 6) is 2.81. The van der Waals surface area contributed by atoms with Crippen molar-refractivity contribution in [3.05, 3.63) is 0 Å². The molecule has 0 bridgehead atoms. The lowest BCUT2D eigenvalue weighted by Crippen LogP contribution is -2.50. The summed E-state index contributed by atoms with van der Waals surface area (Å²) in [4.78, 5) is 21.0. The number of amides is 1. The second-order valence-corrected chi connectivity index (χ2v) is 10.8. The van der Waals surface area contributed by atoms with Gasteiger partial charge >= 0.3 is 0 Å². The lowest BCUT2D eigenvalue weighted by atomic mass is 9.95. The van der Waals surface area contributed by atoms with Crippen molar-refractivity contribution in [1.82, 2.24) is 19.4 Å². The van der Waals surface area contributed by atoms with Crippen molar-refractivity contribution in [1.29, 1.82) is 0 Å². The van der Waals surface area contributed by atoms with Gasteiger partial charge in [-0.05, 0) is 12.8 Å². The number of hydrogen-bond acceptors (Lipinski definition) is 6. The molecule has 3 aliphatic heterocycles. The molecule has 30 heavy (non-hydrogen) atoms. The third kappa shape index (κ3) is 7.10. The predicted octanol–water partition coefficient (Wildman–Crippen LogP) is 0.129. The maximum absolute atomic E-state index is 12.7. The topological polar surface area (TPSA) is 94.6 Å². The predicted molar refractivity (Wildman–Crippen MR) is 131 cm³/mol. The molecule has 12 heteroatoms. The molecular formula is C18H34IN5O4S2. The largest absolute Gasteiger partial charge is 0.378 e. The van der Waals surface area contributed by atoms with E-state index in [1.54, 1.807) is 23.1 Å². The van der Waals surface area contributed by atoms with Gasteiger partial charge in [0, 0.05) is 70.3 Å². The fourth-order valence-electron chi connectivity index (χ4n) is 3.96. The number of sulfonamides is 1. The Morgan fingerprint density at radius 3 is 2.30 bits per heavy atom. The van der Waals surface area contributed by atoms with Crippen LogP contribution in [0.4, 0.5) is 0 Å². The number of carbonyl (C=O) groups is 1. The minimum absolute atomic E-state index is 0. The molecule has 3 aliphatic rings. The highest BCUT2D eigenvalue weighted by Gasteiger charge is 2.30. The van der Waals surface area contributed by atoms with Gasteiger partial charge in [-0.15, -0.1) is 24.0 Å². The van der Waals surface area contributed by atoms with Crippen molar-refractivity contribution >= 4 is 57.6 Å². The van der Waals surface area contributed by atoms with E-state index >= 15 is 0 Å². The molecule has 3 rings (SSSR count). The van der Waals surface area contributed by atoms with Crippen LogP contribution in [0.2, 0.25) is 0 Å². The highest BCUT2D eigenvalue weighted by molar-refractivity contribution is 14.0. The molecule has 1 N–H and O–H groups in total. The summed E-state index contributed by atoms with van der Waals surface area (Å²) in [6, 6.07) is 0. The van der Waals surface area contributed by atoms with E-state index in [-0.39, 0.29) is 41.6 Å². The second kappa shape index (κ2) is 12.7. The number of aliphatic imine (C=N–C) groups is 1. The van der Waals surface area contributed by atoms with Crippen LogP contribution in [0.25, 0.3) is 0 Å². The number of rotatable bonds is 5. The molecule has 0 unspecified atom stereocenters. The number of thioether (sulfide) groups is 1. The van der Waals surface area contributed by atoms with Gasteiger partial charge in [-0.25, -0.2) is 12.7 Å². The van der Waals surface area contributed by atoms with E-state index in [1.165, 1.54) is 0 Å². The molecule has 3 fully saturated rings. The van der Waals surface area contributed by atoms with Gasteiger partial charge in [0.15, 0.2) is 5.96 Å². The number of guanidine groups is 1. The quantitative estimate of drug-likeness (QED) is 0.283. The van der Waals surface area contributed by atoms with Crippen molar-refractivity contribution in [2.24, 2.45) is 10.9 Å². The summed E-state index contributed by atoms with van der Waals surface area (Å²) in [6.45, 7) is 5.66. The van der Waals surface area contributed by atoms with Gasteiger partial charge in [0.1, 0.15) is 0 Å². The molecule has 0 aromatic rings. The first kappa shape index (κ1) is 25.9. The molecule has 3 heterocycles. The molecular weight excluding hydrogens is 541 g/mol. The van der Waals surface area contributed by atoms with Crippen molar-refractivity contribution in [2.75, 3.05) is 83.3 Å². The normalized spacial score (nSPS) is 22.5. The van der Waals surface area contributed by atoms with Crippen LogP contribution in [0.3, 0.4) is 0 Å². The third-order valence-corrected chi connectivity index (χ3v) is 8.50. The SMILES string of the molecule is CN=C(NCCS(=O)(=O)N1CCSCC1)N1CCC(C(=O)N2CCOCC2)CC1.I. The zero-order valence-electron chi connectivity index (χ0n) is 17.6. The Bertz CT molecular complexity index is 674. The summed E-state index contributed by atoms with van der Waals surface area (Å²) in [6.07, 6.45) is 1.58. The van der Waals surface area contributed by atoms with Gasteiger partial charge in [-0.2, -0.15) is 11.8 Å². The van der Waals surface area contributed by atoms with Crippen LogP contribution in [0.1, 0.15) is 12.8 Å². The van der Waals surface area contributed by atoms with E-state index in [0.717, 1.165) is 37.4 Å². The Kier molecular flexibility index (Phi) is 10.9. The van der Waals surface area contributed by atoms with E-state index < -0.39 is 10.0 Å². The van der Waals surface area contributed by atoms with Gasteiger partial charge in [0.2, 0.25) is 15.9 Å². The monoisotopic (exact) mass is 575 g/mol. The first-order valence-corrected chi connectivity index (χ1v) is 13.2. The first-order valence-electron chi connectivity index (χ1n) is 10.4. The Hall–Kier alpha value is -0.310. The number of hydrogen-bond donors (Lipinski definition) is 1. The Morgan fingerprint density at radius 1 is 1.07 bits per heavy atom. The number of halogens is 1. The molecule has 0 radical (unpaired) electrons. The number of ether oxygens (including phenoxy) is 1. The van der Waals surface area contributed by atoms with Crippen LogP contribution in [-0.4, -0.2) is 118 Å². The highest BCUT2D eigenvalue weighted by atomic mass is 127. The summed E-state index contributed by atoms with van der Waals surface area (Å²) >= 11 is 1.80. The van der Waals surface area contributed by atoms with E-state index in [2.05, 4.69) is 15.2 Å². The average Bonchev–Trinajstić information content (AvgIpc) is 2.77. The smallest absolute Gasteiger partial charge is 0.225 e. The molecule has 9 nitrogen and oxygen atoms in total. The molecule has 174 valence electrons. The van der Waals surface area contributed by atoms with Crippen molar-refractivity contribution in [3.8, 4) is 0 Å². The van der Waals surface area contributed by atoms with Crippen molar-refractivity contribution in [2.45, 2.75) is 12.8 Å². The van der Waals surface area contributed by atoms with Gasteiger partial charge in [0.25, 0.3) is 0 Å². The second-order valence-electron chi connectivity index (χ2n) is 7.50. The molecule has 0 aliphatic carbocycles. The zero-order valence-corrected chi connectivity index (χ0v) is 21.6. The van der Waals surface area contributed by atoms with Crippen molar-refractivity contribution < 1.29 is 17.9 Å². The number of morpholine rings is 1. The van der Waals surface area contributed by atoms with Crippen LogP contribution >= 0.6 is 35.7 Å². The van der Waals surface area contributed by atoms with Crippen LogP contribution in [0.15, 0.2) is 4.99 Å². The maximum Gasteiger partial charge on any atom is 0.225 e. The van der Waals surface area contributed by atoms with Crippen molar-refractivity contribution in [3.63, 3.8) is 0 Å². The minimum Gasteiger partial charge on any atom is -0.378 e. The summed E-state index contributed by atoms with van der Waals surface area (Å²) < 4.78 is 31.9. The molecule has 0 atom stereocenters. The Balaban J connectivity index is 0.00000320. The summed E-state index contributed by atoms with van der Waals surface area (Å²) in [5.41, 5.74) is 0. The lowest BCUT2D eigenvalue weighted by molar-refractivity contribution is -0.140. The fourth-order valence-corrected chi connectivity index (χ4v) is 6.45. The number of nitrogens with one attached hydrogen (secondary N) is 1. The fraction of sp³-hybridized carbons (Fsp3) is 0.889. The highest BCUT2D eigenvalue weighted by Crippen LogP contribution is 2.20. The number of likely N-dealkylation sites (tertiary alicyclic amines) is 1. The van der Waals surface area contributed by atoms with Gasteiger partial charge in [-0.3, -0.25) is 9.79 Å². The van der Waals surface area contributed by atoms with Gasteiger partial charge in [0.05, 0.1) is 19.0 Å². The summed E-state index contributed by atoms with van der Waals surface area (Å²) in [7, 11) is -1.51. The average molecular weight is 576 g/mol. The van der Waals surface area contributed by atoms with E-state index in [1.807, 2.05) is 4.90 Å². The molecule has 0 saturated carbocycles. The van der Waals surface area contributed by atoms with Gasteiger partial charge < -0.3 is 19.9 Å². The van der Waals surface area contributed by atoms with E-state index in [4.69, 9.17) is 4.74 Å².